The molecule has 2 aliphatic heterocycles. The molecule has 0 N–H and O–H groups in total. The molecule has 122 valence electrons. The first-order valence-electron chi connectivity index (χ1n) is 8.25. The van der Waals surface area contributed by atoms with Crippen LogP contribution in [0.5, 0.6) is 0 Å². The zero-order chi connectivity index (χ0) is 16.7. The van der Waals surface area contributed by atoms with Crippen molar-refractivity contribution in [3.63, 3.8) is 0 Å². The molecule has 1 aliphatic carbocycles. The van der Waals surface area contributed by atoms with Gasteiger partial charge in [0.15, 0.2) is 0 Å². The van der Waals surface area contributed by atoms with Crippen LogP contribution in [0.3, 0.4) is 0 Å². The van der Waals surface area contributed by atoms with E-state index in [2.05, 4.69) is 17.0 Å². The van der Waals surface area contributed by atoms with E-state index >= 15 is 0 Å². The Balaban J connectivity index is 1.76. The van der Waals surface area contributed by atoms with Crippen molar-refractivity contribution in [3.05, 3.63) is 70.3 Å². The SMILES string of the molecule is O=C1C[C@H]2CC[C@@H]1[C@@H](c1ccccc1)N2c1ccc([N+](=O)[O-])cc1. The molecule has 0 aromatic heterocycles. The molecule has 0 unspecified atom stereocenters. The van der Waals surface area contributed by atoms with Gasteiger partial charge in [-0.3, -0.25) is 14.9 Å². The third-order valence-corrected chi connectivity index (χ3v) is 5.24. The Morgan fingerprint density at radius 2 is 1.71 bits per heavy atom. The highest BCUT2D eigenvalue weighted by atomic mass is 16.6. The van der Waals surface area contributed by atoms with Gasteiger partial charge in [-0.2, -0.15) is 0 Å². The normalized spacial score (nSPS) is 25.8. The highest BCUT2D eigenvalue weighted by Crippen LogP contribution is 2.47. The zero-order valence-corrected chi connectivity index (χ0v) is 13.2. The first kappa shape index (κ1) is 14.9. The molecule has 24 heavy (non-hydrogen) atoms. The maximum atomic E-state index is 12.4. The Kier molecular flexibility index (Phi) is 3.56. The molecule has 0 radical (unpaired) electrons. The van der Waals surface area contributed by atoms with Crippen molar-refractivity contribution in [1.82, 2.24) is 0 Å². The summed E-state index contributed by atoms with van der Waals surface area (Å²) in [7, 11) is 0. The van der Waals surface area contributed by atoms with Crippen LogP contribution in [0.1, 0.15) is 30.9 Å². The summed E-state index contributed by atoms with van der Waals surface area (Å²) in [6.07, 6.45) is 2.49. The average Bonchev–Trinajstić information content (AvgIpc) is 2.62. The Bertz CT molecular complexity index is 773. The number of non-ortho nitro benzene ring substituents is 1. The molecule has 3 atom stereocenters. The summed E-state index contributed by atoms with van der Waals surface area (Å²) in [5.74, 6) is 0.353. The van der Waals surface area contributed by atoms with Crippen LogP contribution in [0.4, 0.5) is 11.4 Å². The molecular weight excluding hydrogens is 304 g/mol. The lowest BCUT2D eigenvalue weighted by atomic mass is 9.71. The lowest BCUT2D eigenvalue weighted by molar-refractivity contribution is -0.384. The summed E-state index contributed by atoms with van der Waals surface area (Å²) in [6, 6.07) is 17.0. The van der Waals surface area contributed by atoms with Crippen LogP contribution in [0, 0.1) is 16.0 Å². The fourth-order valence-electron chi connectivity index (χ4n) is 4.17. The van der Waals surface area contributed by atoms with E-state index in [1.165, 1.54) is 0 Å². The van der Waals surface area contributed by atoms with E-state index in [4.69, 9.17) is 0 Å². The smallest absolute Gasteiger partial charge is 0.269 e. The number of carbonyl (C=O) groups is 1. The van der Waals surface area contributed by atoms with E-state index in [9.17, 15) is 14.9 Å². The maximum absolute atomic E-state index is 12.4. The molecule has 5 heteroatoms. The lowest BCUT2D eigenvalue weighted by Gasteiger charge is -2.52. The summed E-state index contributed by atoms with van der Waals surface area (Å²) in [4.78, 5) is 25.3. The van der Waals surface area contributed by atoms with E-state index in [0.29, 0.717) is 12.2 Å². The molecular formula is C19H18N2O3. The number of hydrogen-bond donors (Lipinski definition) is 0. The van der Waals surface area contributed by atoms with Crippen molar-refractivity contribution in [2.24, 2.45) is 5.92 Å². The summed E-state index contributed by atoms with van der Waals surface area (Å²) in [6.45, 7) is 0. The minimum Gasteiger partial charge on any atom is -0.360 e. The fraction of sp³-hybridized carbons (Fsp3) is 0.316. The number of nitro benzene ring substituents is 1. The molecule has 2 bridgehead atoms. The molecule has 5 nitrogen and oxygen atoms in total. The minimum absolute atomic E-state index is 0.00703. The van der Waals surface area contributed by atoms with Gasteiger partial charge in [0.25, 0.3) is 5.69 Å². The number of nitro groups is 1. The summed E-state index contributed by atoms with van der Waals surface area (Å²) in [5.41, 5.74) is 2.18. The second-order valence-electron chi connectivity index (χ2n) is 6.54. The number of anilines is 1. The van der Waals surface area contributed by atoms with E-state index in [0.717, 1.165) is 24.1 Å². The van der Waals surface area contributed by atoms with Gasteiger partial charge in [0.05, 0.1) is 11.0 Å². The Hall–Kier alpha value is -2.69. The van der Waals surface area contributed by atoms with Gasteiger partial charge in [0, 0.05) is 36.2 Å². The number of Topliss-reactive ketones (excluding diaryl/α,β-unsaturated/α-hetero) is 1. The van der Waals surface area contributed by atoms with Crippen LogP contribution >= 0.6 is 0 Å². The third-order valence-electron chi connectivity index (χ3n) is 5.24. The highest BCUT2D eigenvalue weighted by molar-refractivity contribution is 5.86. The quantitative estimate of drug-likeness (QED) is 0.635. The number of benzene rings is 2. The van der Waals surface area contributed by atoms with Crippen molar-refractivity contribution in [2.45, 2.75) is 31.3 Å². The van der Waals surface area contributed by atoms with Crippen molar-refractivity contribution in [1.29, 1.82) is 0 Å². The Labute approximate surface area is 140 Å². The number of rotatable bonds is 3. The van der Waals surface area contributed by atoms with Gasteiger partial charge >= 0.3 is 0 Å². The van der Waals surface area contributed by atoms with Gasteiger partial charge in [-0.25, -0.2) is 0 Å². The molecule has 2 aromatic carbocycles. The average molecular weight is 322 g/mol. The topological polar surface area (TPSA) is 63.5 Å². The number of nitrogens with zero attached hydrogens (tertiary/aromatic N) is 2. The van der Waals surface area contributed by atoms with Crippen LogP contribution in [-0.2, 0) is 4.79 Å². The van der Waals surface area contributed by atoms with Gasteiger partial charge in [-0.15, -0.1) is 0 Å². The van der Waals surface area contributed by atoms with Gasteiger partial charge in [-0.1, -0.05) is 30.3 Å². The Morgan fingerprint density at radius 3 is 2.33 bits per heavy atom. The monoisotopic (exact) mass is 322 g/mol. The highest BCUT2D eigenvalue weighted by Gasteiger charge is 2.47. The first-order chi connectivity index (χ1) is 11.6. The van der Waals surface area contributed by atoms with E-state index in [-0.39, 0.29) is 28.6 Å². The third kappa shape index (κ3) is 2.37. The lowest BCUT2D eigenvalue weighted by Crippen LogP contribution is -2.54. The summed E-state index contributed by atoms with van der Waals surface area (Å²) < 4.78 is 0. The summed E-state index contributed by atoms with van der Waals surface area (Å²) >= 11 is 0. The molecule has 2 heterocycles. The minimum atomic E-state index is -0.385. The number of fused-ring (bicyclic) bond motifs is 3. The maximum Gasteiger partial charge on any atom is 0.269 e. The predicted octanol–water partition coefficient (Wildman–Crippen LogP) is 3.89. The standard InChI is InChI=1S/C19H18N2O3/c22-18-12-16-10-11-17(18)19(13-4-2-1-3-5-13)20(16)14-6-8-15(9-7-14)21(23)24/h1-9,16-17,19H,10-12H2/t16-,17+,19-/m1/s1. The predicted molar refractivity (Wildman–Crippen MR) is 90.9 cm³/mol. The van der Waals surface area contributed by atoms with E-state index in [1.807, 2.05) is 18.2 Å². The second kappa shape index (κ2) is 5.74. The number of piperidine rings is 2. The molecule has 0 spiro atoms. The van der Waals surface area contributed by atoms with Crippen LogP contribution in [0.15, 0.2) is 54.6 Å². The molecule has 2 aromatic rings. The summed E-state index contributed by atoms with van der Waals surface area (Å²) in [5, 5.41) is 10.9. The van der Waals surface area contributed by atoms with Crippen LogP contribution < -0.4 is 4.90 Å². The molecule has 3 aliphatic rings. The molecule has 1 saturated carbocycles. The van der Waals surface area contributed by atoms with Crippen molar-refractivity contribution >= 4 is 17.2 Å². The second-order valence-corrected chi connectivity index (χ2v) is 6.54. The molecule has 0 amide bonds. The van der Waals surface area contributed by atoms with Gasteiger partial charge in [0.1, 0.15) is 5.78 Å². The largest absolute Gasteiger partial charge is 0.360 e. The van der Waals surface area contributed by atoms with Crippen LogP contribution in [0.2, 0.25) is 0 Å². The van der Waals surface area contributed by atoms with E-state index < -0.39 is 0 Å². The van der Waals surface area contributed by atoms with Gasteiger partial charge < -0.3 is 4.90 Å². The van der Waals surface area contributed by atoms with Crippen LogP contribution in [0.25, 0.3) is 0 Å². The van der Waals surface area contributed by atoms with Crippen LogP contribution in [-0.4, -0.2) is 16.7 Å². The Morgan fingerprint density at radius 1 is 1.00 bits per heavy atom. The number of hydrogen-bond acceptors (Lipinski definition) is 4. The molecule has 5 rings (SSSR count). The van der Waals surface area contributed by atoms with Crippen molar-refractivity contribution in [3.8, 4) is 0 Å². The fourth-order valence-corrected chi connectivity index (χ4v) is 4.17. The van der Waals surface area contributed by atoms with Crippen molar-refractivity contribution < 1.29 is 9.72 Å². The zero-order valence-electron chi connectivity index (χ0n) is 13.2. The van der Waals surface area contributed by atoms with Crippen molar-refractivity contribution in [2.75, 3.05) is 4.90 Å². The molecule has 3 fully saturated rings. The first-order valence-corrected chi connectivity index (χ1v) is 8.25. The number of ketones is 1. The molecule has 2 saturated heterocycles. The van der Waals surface area contributed by atoms with Gasteiger partial charge in [0.2, 0.25) is 0 Å². The van der Waals surface area contributed by atoms with Gasteiger partial charge in [-0.05, 0) is 30.5 Å². The number of carbonyl (C=O) groups excluding carboxylic acids is 1. The van der Waals surface area contributed by atoms with E-state index in [1.54, 1.807) is 24.3 Å².